The molecule has 42 heavy (non-hydrogen) atoms. The van der Waals surface area contributed by atoms with E-state index in [1.54, 1.807) is 26.2 Å². The summed E-state index contributed by atoms with van der Waals surface area (Å²) in [7, 11) is 2.72. The predicted molar refractivity (Wildman–Crippen MR) is 153 cm³/mol. The first kappa shape index (κ1) is 29.7. The van der Waals surface area contributed by atoms with Crippen molar-refractivity contribution in [3.8, 4) is 11.5 Å². The number of rotatable bonds is 8. The number of aliphatic imine (C=N–C) groups is 1. The van der Waals surface area contributed by atoms with Crippen LogP contribution in [-0.2, 0) is 15.3 Å². The average molecular weight is 593 g/mol. The highest BCUT2D eigenvalue weighted by molar-refractivity contribution is 8.13. The van der Waals surface area contributed by atoms with Crippen molar-refractivity contribution < 1.29 is 33.6 Å². The summed E-state index contributed by atoms with van der Waals surface area (Å²) in [5.74, 6) is -0.109. The minimum atomic E-state index is -1.19. The number of amides is 1. The number of nitro benzene ring substituents is 2. The maximum atomic E-state index is 13.9. The van der Waals surface area contributed by atoms with E-state index in [1.807, 2.05) is 12.1 Å². The van der Waals surface area contributed by atoms with Crippen molar-refractivity contribution in [3.63, 3.8) is 0 Å². The quantitative estimate of drug-likeness (QED) is 0.177. The van der Waals surface area contributed by atoms with Crippen molar-refractivity contribution in [2.45, 2.75) is 18.7 Å². The summed E-state index contributed by atoms with van der Waals surface area (Å²) in [6, 6.07) is 16.7. The topological polar surface area (TPSA) is 164 Å². The van der Waals surface area contributed by atoms with Crippen molar-refractivity contribution in [1.82, 2.24) is 4.90 Å². The van der Waals surface area contributed by atoms with Gasteiger partial charge in [-0.2, -0.15) is 0 Å². The fourth-order valence-corrected chi connectivity index (χ4v) is 5.16. The van der Waals surface area contributed by atoms with Crippen LogP contribution in [0.4, 0.5) is 16.2 Å². The van der Waals surface area contributed by atoms with E-state index in [9.17, 15) is 29.8 Å². The molecule has 0 spiro atoms. The van der Waals surface area contributed by atoms with Gasteiger partial charge < -0.3 is 14.2 Å². The minimum Gasteiger partial charge on any atom is -0.497 e. The molecule has 0 N–H and O–H groups in total. The number of non-ortho nitro benzene ring substituents is 1. The molecule has 1 heterocycles. The van der Waals surface area contributed by atoms with Gasteiger partial charge in [0.15, 0.2) is 5.17 Å². The molecule has 13 nitrogen and oxygen atoms in total. The lowest BCUT2D eigenvalue weighted by Gasteiger charge is -2.35. The lowest BCUT2D eigenvalue weighted by molar-refractivity contribution is -0.385. The molecule has 1 atom stereocenters. The van der Waals surface area contributed by atoms with E-state index >= 15 is 0 Å². The Bertz CT molecular complexity index is 1590. The zero-order valence-corrected chi connectivity index (χ0v) is 23.4. The molecule has 0 aromatic heterocycles. The monoisotopic (exact) mass is 592 g/mol. The first-order valence-electron chi connectivity index (χ1n) is 12.3. The number of amidine groups is 1. The number of nitro groups is 2. The molecule has 0 saturated heterocycles. The maximum Gasteiger partial charge on any atom is 0.422 e. The van der Waals surface area contributed by atoms with E-state index in [4.69, 9.17) is 14.2 Å². The SMILES string of the molecule is COC(=O)C1=C(C)N=C(SCc2ccc(OC)cc2)N(C(=O)Oc2ccccc2[N+](=O)[O-])C1c1ccc([N+](=O)[O-])cc1. The van der Waals surface area contributed by atoms with Crippen LogP contribution in [0.5, 0.6) is 11.5 Å². The molecule has 1 amide bonds. The number of para-hydroxylation sites is 2. The summed E-state index contributed by atoms with van der Waals surface area (Å²) in [5.41, 5.74) is 0.766. The van der Waals surface area contributed by atoms with Crippen molar-refractivity contribution in [1.29, 1.82) is 0 Å². The summed E-state index contributed by atoms with van der Waals surface area (Å²) in [4.78, 5) is 54.1. The minimum absolute atomic E-state index is 0.0142. The number of benzene rings is 3. The Labute approximate surface area is 243 Å². The van der Waals surface area contributed by atoms with Gasteiger partial charge in [0.25, 0.3) is 5.69 Å². The number of carbonyl (C=O) groups is 2. The van der Waals surface area contributed by atoms with Crippen LogP contribution in [0.2, 0.25) is 0 Å². The summed E-state index contributed by atoms with van der Waals surface area (Å²) < 4.78 is 15.7. The van der Waals surface area contributed by atoms with Crippen LogP contribution < -0.4 is 9.47 Å². The van der Waals surface area contributed by atoms with Gasteiger partial charge in [-0.1, -0.05) is 36.0 Å². The molecule has 0 bridgehead atoms. The molecule has 1 aliphatic rings. The molecular formula is C28H24N4O9S. The second kappa shape index (κ2) is 13.0. The third-order valence-corrected chi connectivity index (χ3v) is 7.22. The number of esters is 1. The smallest absolute Gasteiger partial charge is 0.422 e. The number of nitrogens with zero attached hydrogens (tertiary/aromatic N) is 4. The fraction of sp³-hybridized carbons (Fsp3) is 0.179. The summed E-state index contributed by atoms with van der Waals surface area (Å²) in [5, 5.41) is 23.0. The summed E-state index contributed by atoms with van der Waals surface area (Å²) in [6.45, 7) is 1.57. The number of hydrogen-bond donors (Lipinski definition) is 0. The van der Waals surface area contributed by atoms with E-state index in [1.165, 1.54) is 55.6 Å². The Morgan fingerprint density at radius 1 is 0.952 bits per heavy atom. The molecule has 1 aliphatic heterocycles. The Hall–Kier alpha value is -5.24. The van der Waals surface area contributed by atoms with Crippen molar-refractivity contribution >= 4 is 40.4 Å². The zero-order valence-electron chi connectivity index (χ0n) is 22.6. The van der Waals surface area contributed by atoms with Gasteiger partial charge in [0, 0.05) is 24.0 Å². The molecule has 0 radical (unpaired) electrons. The van der Waals surface area contributed by atoms with Crippen LogP contribution in [0.25, 0.3) is 0 Å². The largest absolute Gasteiger partial charge is 0.497 e. The number of allylic oxidation sites excluding steroid dienone is 1. The van der Waals surface area contributed by atoms with Crippen LogP contribution in [0, 0.1) is 20.2 Å². The number of thioether (sulfide) groups is 1. The van der Waals surface area contributed by atoms with Crippen LogP contribution in [-0.4, -0.2) is 46.2 Å². The van der Waals surface area contributed by atoms with Crippen molar-refractivity contribution in [3.05, 3.63) is 115 Å². The second-order valence-corrected chi connectivity index (χ2v) is 9.68. The van der Waals surface area contributed by atoms with E-state index in [0.29, 0.717) is 17.1 Å². The standard InChI is InChI=1S/C28H24N4O9S/c1-17-24(26(33)40-3)25(19-10-12-20(13-11-19)31(35)36)30(28(34)41-23-7-5-4-6-22(23)32(37)38)27(29-17)42-16-18-8-14-21(39-2)15-9-18/h4-15,25H,16H2,1-3H3. The summed E-state index contributed by atoms with van der Waals surface area (Å²) in [6.07, 6.45) is -1.07. The normalized spacial score (nSPS) is 14.6. The Morgan fingerprint density at radius 2 is 1.62 bits per heavy atom. The first-order chi connectivity index (χ1) is 20.1. The van der Waals surface area contributed by atoms with E-state index < -0.39 is 33.6 Å². The van der Waals surface area contributed by atoms with Crippen LogP contribution in [0.3, 0.4) is 0 Å². The van der Waals surface area contributed by atoms with Gasteiger partial charge >= 0.3 is 17.7 Å². The van der Waals surface area contributed by atoms with E-state index in [0.717, 1.165) is 22.2 Å². The maximum absolute atomic E-state index is 13.9. The van der Waals surface area contributed by atoms with E-state index in [2.05, 4.69) is 4.99 Å². The van der Waals surface area contributed by atoms with Gasteiger partial charge in [0.05, 0.1) is 35.3 Å². The molecule has 4 rings (SSSR count). The molecule has 3 aromatic carbocycles. The van der Waals surface area contributed by atoms with Gasteiger partial charge in [0.1, 0.15) is 11.8 Å². The predicted octanol–water partition coefficient (Wildman–Crippen LogP) is 5.80. The highest BCUT2D eigenvalue weighted by Crippen LogP contribution is 2.40. The Kier molecular flexibility index (Phi) is 9.17. The molecule has 3 aromatic rings. The fourth-order valence-electron chi connectivity index (χ4n) is 4.15. The van der Waals surface area contributed by atoms with Crippen molar-refractivity contribution in [2.75, 3.05) is 14.2 Å². The first-order valence-corrected chi connectivity index (χ1v) is 13.3. The summed E-state index contributed by atoms with van der Waals surface area (Å²) >= 11 is 1.16. The molecule has 1 unspecified atom stereocenters. The number of carbonyl (C=O) groups excluding carboxylic acids is 2. The number of ether oxygens (including phenoxy) is 3. The lowest BCUT2D eigenvalue weighted by atomic mass is 9.94. The highest BCUT2D eigenvalue weighted by Gasteiger charge is 2.42. The lowest BCUT2D eigenvalue weighted by Crippen LogP contribution is -2.44. The molecular weight excluding hydrogens is 568 g/mol. The molecule has 14 heteroatoms. The molecule has 0 saturated carbocycles. The van der Waals surface area contributed by atoms with Gasteiger partial charge in [-0.3, -0.25) is 20.2 Å². The Balaban J connectivity index is 1.82. The third-order valence-electron chi connectivity index (χ3n) is 6.20. The zero-order chi connectivity index (χ0) is 30.4. The van der Waals surface area contributed by atoms with Gasteiger partial charge in [0.2, 0.25) is 5.75 Å². The van der Waals surface area contributed by atoms with Gasteiger partial charge in [-0.05, 0) is 48.4 Å². The third kappa shape index (κ3) is 6.39. The molecule has 0 aliphatic carbocycles. The highest BCUT2D eigenvalue weighted by atomic mass is 32.2. The van der Waals surface area contributed by atoms with E-state index in [-0.39, 0.29) is 27.9 Å². The molecule has 0 fully saturated rings. The average Bonchev–Trinajstić information content (AvgIpc) is 2.99. The van der Waals surface area contributed by atoms with Crippen LogP contribution in [0.1, 0.15) is 24.1 Å². The number of hydrogen-bond acceptors (Lipinski definition) is 11. The Morgan fingerprint density at radius 3 is 2.21 bits per heavy atom. The second-order valence-electron chi connectivity index (χ2n) is 8.74. The van der Waals surface area contributed by atoms with Gasteiger partial charge in [-0.15, -0.1) is 0 Å². The van der Waals surface area contributed by atoms with Crippen molar-refractivity contribution in [2.24, 2.45) is 4.99 Å². The van der Waals surface area contributed by atoms with Crippen LogP contribution in [0.15, 0.2) is 89.1 Å². The van der Waals surface area contributed by atoms with Gasteiger partial charge in [-0.25, -0.2) is 19.5 Å². The van der Waals surface area contributed by atoms with Crippen LogP contribution >= 0.6 is 11.8 Å². The number of methoxy groups -OCH3 is 2. The molecule has 216 valence electrons.